The van der Waals surface area contributed by atoms with Crippen molar-refractivity contribution in [1.82, 2.24) is 0 Å². The van der Waals surface area contributed by atoms with Crippen molar-refractivity contribution in [2.24, 2.45) is 40.4 Å². The second-order valence-electron chi connectivity index (χ2n) is 12.0. The molecular formula is C28H44O. The molecule has 0 aliphatic heterocycles. The SMILES string of the molecule is CC(C)[C@@H](C)CC[C@@H](C)[C@H]1CC=C2C3=C(CC[C@@]21C)[C@@]1(C)CCC(=O)CC1CC3. The fraction of sp³-hybridized carbons (Fsp3) is 0.821. The Bertz CT molecular complexity index is 725. The third-order valence-electron chi connectivity index (χ3n) is 10.2. The number of carbonyl (C=O) groups is 1. The monoisotopic (exact) mass is 396 g/mol. The number of Topliss-reactive ketones (excluding diaryl/α,β-unsaturated/α-hetero) is 1. The molecular weight excluding hydrogens is 352 g/mol. The van der Waals surface area contributed by atoms with Gasteiger partial charge in [0.05, 0.1) is 0 Å². The van der Waals surface area contributed by atoms with Crippen LogP contribution in [-0.2, 0) is 4.79 Å². The molecule has 0 saturated heterocycles. The maximum atomic E-state index is 12.1. The summed E-state index contributed by atoms with van der Waals surface area (Å²) in [6.07, 6.45) is 14.6. The van der Waals surface area contributed by atoms with Crippen molar-refractivity contribution in [2.75, 3.05) is 0 Å². The summed E-state index contributed by atoms with van der Waals surface area (Å²) < 4.78 is 0. The van der Waals surface area contributed by atoms with Gasteiger partial charge < -0.3 is 0 Å². The summed E-state index contributed by atoms with van der Waals surface area (Å²) in [7, 11) is 0. The third kappa shape index (κ3) is 3.49. The van der Waals surface area contributed by atoms with Crippen molar-refractivity contribution < 1.29 is 4.79 Å². The maximum absolute atomic E-state index is 12.1. The molecule has 4 aliphatic rings. The van der Waals surface area contributed by atoms with Gasteiger partial charge >= 0.3 is 0 Å². The molecule has 29 heavy (non-hydrogen) atoms. The summed E-state index contributed by atoms with van der Waals surface area (Å²) in [5.41, 5.74) is 5.96. The zero-order valence-electron chi connectivity index (χ0n) is 19.9. The lowest BCUT2D eigenvalue weighted by atomic mass is 9.51. The average molecular weight is 397 g/mol. The molecule has 1 saturated carbocycles. The summed E-state index contributed by atoms with van der Waals surface area (Å²) in [6.45, 7) is 14.8. The molecule has 0 heterocycles. The summed E-state index contributed by atoms with van der Waals surface area (Å²) in [6, 6.07) is 0. The summed E-state index contributed by atoms with van der Waals surface area (Å²) >= 11 is 0. The Labute approximate surface area is 179 Å². The van der Waals surface area contributed by atoms with Crippen LogP contribution in [0.25, 0.3) is 0 Å². The van der Waals surface area contributed by atoms with Gasteiger partial charge in [0.2, 0.25) is 0 Å². The van der Waals surface area contributed by atoms with Crippen LogP contribution in [0.3, 0.4) is 0 Å². The minimum Gasteiger partial charge on any atom is -0.300 e. The number of hydrogen-bond acceptors (Lipinski definition) is 1. The van der Waals surface area contributed by atoms with Crippen molar-refractivity contribution in [3.8, 4) is 0 Å². The van der Waals surface area contributed by atoms with Crippen molar-refractivity contribution in [3.05, 3.63) is 22.8 Å². The van der Waals surface area contributed by atoms with Crippen LogP contribution >= 0.6 is 0 Å². The van der Waals surface area contributed by atoms with Crippen LogP contribution in [0, 0.1) is 40.4 Å². The lowest BCUT2D eigenvalue weighted by molar-refractivity contribution is -0.124. The minimum absolute atomic E-state index is 0.306. The Hall–Kier alpha value is -0.850. The van der Waals surface area contributed by atoms with Gasteiger partial charge in [-0.2, -0.15) is 0 Å². The van der Waals surface area contributed by atoms with Gasteiger partial charge in [0, 0.05) is 12.8 Å². The molecule has 1 unspecified atom stereocenters. The summed E-state index contributed by atoms with van der Waals surface area (Å²) in [4.78, 5) is 12.1. The molecule has 0 radical (unpaired) electrons. The Morgan fingerprint density at radius 3 is 2.45 bits per heavy atom. The fourth-order valence-corrected chi connectivity index (χ4v) is 7.60. The first-order valence-corrected chi connectivity index (χ1v) is 12.6. The summed E-state index contributed by atoms with van der Waals surface area (Å²) in [5, 5.41) is 0. The van der Waals surface area contributed by atoms with E-state index in [1.807, 2.05) is 0 Å². The van der Waals surface area contributed by atoms with Crippen LogP contribution in [0.5, 0.6) is 0 Å². The van der Waals surface area contributed by atoms with E-state index in [4.69, 9.17) is 0 Å². The number of rotatable bonds is 5. The van der Waals surface area contributed by atoms with Crippen molar-refractivity contribution in [2.45, 2.75) is 106 Å². The van der Waals surface area contributed by atoms with Crippen LogP contribution in [0.15, 0.2) is 22.8 Å². The highest BCUT2D eigenvalue weighted by Crippen LogP contribution is 2.64. The lowest BCUT2D eigenvalue weighted by Crippen LogP contribution is -2.43. The second-order valence-corrected chi connectivity index (χ2v) is 12.0. The molecule has 1 fully saturated rings. The van der Waals surface area contributed by atoms with Crippen LogP contribution in [0.2, 0.25) is 0 Å². The van der Waals surface area contributed by atoms with E-state index in [0.717, 1.165) is 42.9 Å². The van der Waals surface area contributed by atoms with E-state index in [1.165, 1.54) is 44.9 Å². The maximum Gasteiger partial charge on any atom is 0.133 e. The van der Waals surface area contributed by atoms with Crippen LogP contribution in [0.1, 0.15) is 106 Å². The first-order valence-electron chi connectivity index (χ1n) is 12.6. The first kappa shape index (κ1) is 21.4. The van der Waals surface area contributed by atoms with Crippen LogP contribution in [0.4, 0.5) is 0 Å². The highest BCUT2D eigenvalue weighted by Gasteiger charge is 2.52. The molecule has 0 amide bonds. The van der Waals surface area contributed by atoms with Crippen LogP contribution < -0.4 is 0 Å². The predicted octanol–water partition coefficient (Wildman–Crippen LogP) is 7.91. The standard InChI is InChI=1S/C28H44O/c1-18(2)19(3)7-8-20(4)24-11-12-25-23-10-9-21-17-22(29)13-15-27(21,5)26(23)14-16-28(24,25)6/h12,18-21,24H,7-11,13-17H2,1-6H3/t19-,20+,21?,24+,27-,28+/m0/s1. The Balaban J connectivity index is 1.54. The van der Waals surface area contributed by atoms with Gasteiger partial charge in [0.25, 0.3) is 0 Å². The number of carbonyl (C=O) groups excluding carboxylic acids is 1. The second kappa shape index (κ2) is 7.69. The molecule has 0 N–H and O–H groups in total. The van der Waals surface area contributed by atoms with E-state index < -0.39 is 0 Å². The zero-order valence-corrected chi connectivity index (χ0v) is 19.9. The third-order valence-corrected chi connectivity index (χ3v) is 10.2. The number of fused-ring (bicyclic) bond motifs is 4. The Morgan fingerprint density at radius 1 is 1.00 bits per heavy atom. The van der Waals surface area contributed by atoms with Crippen molar-refractivity contribution in [1.29, 1.82) is 0 Å². The zero-order chi connectivity index (χ0) is 21.0. The van der Waals surface area contributed by atoms with E-state index in [1.54, 1.807) is 16.7 Å². The number of hydrogen-bond donors (Lipinski definition) is 0. The van der Waals surface area contributed by atoms with E-state index in [2.05, 4.69) is 47.6 Å². The highest BCUT2D eigenvalue weighted by atomic mass is 16.1. The molecule has 162 valence electrons. The molecule has 4 rings (SSSR count). The Kier molecular flexibility index (Phi) is 5.67. The molecule has 1 nitrogen and oxygen atoms in total. The largest absolute Gasteiger partial charge is 0.300 e. The molecule has 0 aromatic rings. The molecule has 0 bridgehead atoms. The average Bonchev–Trinajstić information content (AvgIpc) is 3.03. The Morgan fingerprint density at radius 2 is 1.72 bits per heavy atom. The van der Waals surface area contributed by atoms with Gasteiger partial charge in [-0.15, -0.1) is 0 Å². The van der Waals surface area contributed by atoms with Gasteiger partial charge in [-0.3, -0.25) is 4.79 Å². The molecule has 4 aliphatic carbocycles. The molecule has 6 atom stereocenters. The first-order chi connectivity index (χ1) is 13.7. The topological polar surface area (TPSA) is 17.1 Å². The van der Waals surface area contributed by atoms with Gasteiger partial charge in [0.15, 0.2) is 0 Å². The fourth-order valence-electron chi connectivity index (χ4n) is 7.60. The number of ketones is 1. The lowest BCUT2D eigenvalue weighted by Gasteiger charge is -2.53. The number of allylic oxidation sites excluding steroid dienone is 4. The van der Waals surface area contributed by atoms with E-state index in [9.17, 15) is 4.79 Å². The molecule has 0 spiro atoms. The minimum atomic E-state index is 0.306. The van der Waals surface area contributed by atoms with Crippen molar-refractivity contribution in [3.63, 3.8) is 0 Å². The van der Waals surface area contributed by atoms with E-state index in [0.29, 0.717) is 22.5 Å². The van der Waals surface area contributed by atoms with Gasteiger partial charge in [-0.05, 0) is 90.1 Å². The normalized spacial score (nSPS) is 39.0. The summed E-state index contributed by atoms with van der Waals surface area (Å²) in [5.74, 6) is 4.41. The van der Waals surface area contributed by atoms with E-state index >= 15 is 0 Å². The van der Waals surface area contributed by atoms with Gasteiger partial charge in [-0.25, -0.2) is 0 Å². The highest BCUT2D eigenvalue weighted by molar-refractivity contribution is 5.80. The van der Waals surface area contributed by atoms with E-state index in [-0.39, 0.29) is 0 Å². The predicted molar refractivity (Wildman–Crippen MR) is 123 cm³/mol. The molecule has 1 heteroatoms. The van der Waals surface area contributed by atoms with Crippen molar-refractivity contribution >= 4 is 5.78 Å². The molecule has 0 aromatic carbocycles. The quantitative estimate of drug-likeness (QED) is 0.461. The molecule has 0 aromatic heterocycles. The van der Waals surface area contributed by atoms with Gasteiger partial charge in [-0.1, -0.05) is 66.0 Å². The van der Waals surface area contributed by atoms with Crippen LogP contribution in [-0.4, -0.2) is 5.78 Å². The smallest absolute Gasteiger partial charge is 0.133 e. The van der Waals surface area contributed by atoms with Gasteiger partial charge in [0.1, 0.15) is 5.78 Å².